The number of aromatic nitrogens is 2. The number of carboxylic acids is 1. The van der Waals surface area contributed by atoms with Gasteiger partial charge in [-0.1, -0.05) is 38.1 Å². The summed E-state index contributed by atoms with van der Waals surface area (Å²) >= 11 is 0. The summed E-state index contributed by atoms with van der Waals surface area (Å²) in [4.78, 5) is 18.6. The molecule has 2 aromatic heterocycles. The lowest BCUT2D eigenvalue weighted by atomic mass is 9.97. The van der Waals surface area contributed by atoms with E-state index in [2.05, 4.69) is 43.0 Å². The van der Waals surface area contributed by atoms with E-state index in [9.17, 15) is 9.90 Å². The zero-order chi connectivity index (χ0) is 20.5. The molecule has 1 atom stereocenters. The number of hydrogen-bond donors (Lipinski definition) is 2. The Bertz CT molecular complexity index is 1020. The van der Waals surface area contributed by atoms with Gasteiger partial charge in [-0.3, -0.25) is 9.69 Å². The molecule has 29 heavy (non-hydrogen) atoms. The fourth-order valence-electron chi connectivity index (χ4n) is 4.13. The van der Waals surface area contributed by atoms with E-state index in [4.69, 9.17) is 10.7 Å². The minimum atomic E-state index is -0.707. The van der Waals surface area contributed by atoms with Crippen LogP contribution in [0.5, 0.6) is 0 Å². The molecule has 6 heteroatoms. The Kier molecular flexibility index (Phi) is 5.28. The van der Waals surface area contributed by atoms with Gasteiger partial charge >= 0.3 is 5.97 Å². The highest BCUT2D eigenvalue weighted by atomic mass is 16.4. The van der Waals surface area contributed by atoms with Gasteiger partial charge in [-0.15, -0.1) is 0 Å². The molecule has 1 saturated heterocycles. The van der Waals surface area contributed by atoms with Crippen molar-refractivity contribution in [1.82, 2.24) is 14.3 Å². The maximum atomic E-state index is 11.5. The number of fused-ring (bicyclic) bond motifs is 1. The molecular weight excluding hydrogens is 364 g/mol. The molecule has 0 spiro atoms. The van der Waals surface area contributed by atoms with Crippen molar-refractivity contribution < 1.29 is 9.90 Å². The van der Waals surface area contributed by atoms with Crippen LogP contribution >= 0.6 is 0 Å². The second kappa shape index (κ2) is 7.87. The first-order valence-corrected chi connectivity index (χ1v) is 10.2. The molecule has 1 aliphatic heterocycles. The molecule has 4 rings (SSSR count). The predicted molar refractivity (Wildman–Crippen MR) is 115 cm³/mol. The van der Waals surface area contributed by atoms with Crippen molar-refractivity contribution in [3.05, 3.63) is 53.9 Å². The van der Waals surface area contributed by atoms with E-state index in [1.165, 1.54) is 5.56 Å². The molecule has 3 N–H and O–H groups in total. The first-order chi connectivity index (χ1) is 13.9. The van der Waals surface area contributed by atoms with Crippen LogP contribution in [0.15, 0.2) is 42.6 Å². The number of pyridine rings is 1. The summed E-state index contributed by atoms with van der Waals surface area (Å²) in [5.41, 5.74) is 11.9. The lowest BCUT2D eigenvalue weighted by Gasteiger charge is -2.30. The first-order valence-electron chi connectivity index (χ1n) is 10.2. The number of rotatable bonds is 5. The van der Waals surface area contributed by atoms with Gasteiger partial charge in [0.25, 0.3) is 0 Å². The SMILES string of the molecule is CC(C)c1ccc(-c2nc3ccc(N)cn3c2CN2CCCC(C(=O)O)C2)cc1. The highest BCUT2D eigenvalue weighted by Crippen LogP contribution is 2.29. The molecule has 0 aliphatic carbocycles. The Morgan fingerprint density at radius 3 is 2.69 bits per heavy atom. The van der Waals surface area contributed by atoms with Gasteiger partial charge in [0.2, 0.25) is 0 Å². The number of carbonyl (C=O) groups is 1. The van der Waals surface area contributed by atoms with Gasteiger partial charge in [-0.25, -0.2) is 4.98 Å². The van der Waals surface area contributed by atoms with Crippen molar-refractivity contribution in [2.45, 2.75) is 39.2 Å². The van der Waals surface area contributed by atoms with Crippen LogP contribution in [0.1, 0.15) is 43.9 Å². The Hall–Kier alpha value is -2.86. The second-order valence-corrected chi connectivity index (χ2v) is 8.29. The Morgan fingerprint density at radius 1 is 1.24 bits per heavy atom. The minimum absolute atomic E-state index is 0.304. The van der Waals surface area contributed by atoms with Gasteiger partial charge in [0.1, 0.15) is 5.65 Å². The summed E-state index contributed by atoms with van der Waals surface area (Å²) < 4.78 is 2.05. The fraction of sp³-hybridized carbons (Fsp3) is 0.391. The third-order valence-electron chi connectivity index (χ3n) is 5.82. The fourth-order valence-corrected chi connectivity index (χ4v) is 4.13. The molecule has 0 amide bonds. The van der Waals surface area contributed by atoms with Crippen LogP contribution in [0.4, 0.5) is 5.69 Å². The van der Waals surface area contributed by atoms with Crippen LogP contribution in [-0.4, -0.2) is 38.4 Å². The number of nitrogens with two attached hydrogens (primary N) is 1. The molecule has 0 radical (unpaired) electrons. The summed E-state index contributed by atoms with van der Waals surface area (Å²) in [5.74, 6) is -0.533. The van der Waals surface area contributed by atoms with Gasteiger partial charge < -0.3 is 15.2 Å². The predicted octanol–water partition coefficient (Wildman–Crippen LogP) is 4.00. The highest BCUT2D eigenvalue weighted by molar-refractivity contribution is 5.70. The van der Waals surface area contributed by atoms with E-state index in [-0.39, 0.29) is 5.92 Å². The summed E-state index contributed by atoms with van der Waals surface area (Å²) in [5, 5.41) is 9.43. The van der Waals surface area contributed by atoms with Gasteiger partial charge in [0.15, 0.2) is 0 Å². The third kappa shape index (κ3) is 3.98. The number of carboxylic acid groups (broad SMARTS) is 1. The number of likely N-dealkylation sites (tertiary alicyclic amines) is 1. The van der Waals surface area contributed by atoms with Crippen molar-refractivity contribution in [1.29, 1.82) is 0 Å². The number of nitrogens with zero attached hydrogens (tertiary/aromatic N) is 3. The monoisotopic (exact) mass is 392 g/mol. The molecule has 6 nitrogen and oxygen atoms in total. The lowest BCUT2D eigenvalue weighted by Crippen LogP contribution is -2.38. The summed E-state index contributed by atoms with van der Waals surface area (Å²) in [7, 11) is 0. The molecule has 0 saturated carbocycles. The number of nitrogen functional groups attached to an aromatic ring is 1. The van der Waals surface area contributed by atoms with E-state index in [0.29, 0.717) is 24.7 Å². The Balaban J connectivity index is 1.73. The van der Waals surface area contributed by atoms with E-state index in [0.717, 1.165) is 42.0 Å². The molecule has 3 heterocycles. The van der Waals surface area contributed by atoms with Gasteiger partial charge in [-0.2, -0.15) is 0 Å². The maximum Gasteiger partial charge on any atom is 0.307 e. The van der Waals surface area contributed by atoms with Crippen molar-refractivity contribution >= 4 is 17.3 Å². The highest BCUT2D eigenvalue weighted by Gasteiger charge is 2.27. The second-order valence-electron chi connectivity index (χ2n) is 8.29. The average molecular weight is 393 g/mol. The van der Waals surface area contributed by atoms with Crippen molar-refractivity contribution in [3.8, 4) is 11.3 Å². The van der Waals surface area contributed by atoms with Crippen LogP contribution < -0.4 is 5.73 Å². The van der Waals surface area contributed by atoms with E-state index in [1.54, 1.807) is 0 Å². The number of benzene rings is 1. The zero-order valence-corrected chi connectivity index (χ0v) is 17.0. The number of hydrogen-bond acceptors (Lipinski definition) is 4. The molecule has 1 fully saturated rings. The summed E-state index contributed by atoms with van der Waals surface area (Å²) in [6.45, 7) is 6.48. The molecule has 0 bridgehead atoms. The molecule has 1 aliphatic rings. The zero-order valence-electron chi connectivity index (χ0n) is 17.0. The van der Waals surface area contributed by atoms with E-state index < -0.39 is 5.97 Å². The first kappa shape index (κ1) is 19.5. The van der Waals surface area contributed by atoms with Crippen molar-refractivity contribution in [2.24, 2.45) is 5.92 Å². The third-order valence-corrected chi connectivity index (χ3v) is 5.82. The van der Waals surface area contributed by atoms with Gasteiger partial charge in [-0.05, 0) is 43.0 Å². The smallest absolute Gasteiger partial charge is 0.307 e. The molecule has 152 valence electrons. The molecule has 1 aromatic carbocycles. The van der Waals surface area contributed by atoms with Crippen LogP contribution in [0.2, 0.25) is 0 Å². The normalized spacial score (nSPS) is 17.8. The topological polar surface area (TPSA) is 83.9 Å². The average Bonchev–Trinajstić information content (AvgIpc) is 3.06. The molecule has 3 aromatic rings. The van der Waals surface area contributed by atoms with Crippen LogP contribution in [0.25, 0.3) is 16.9 Å². The Labute approximate surface area is 171 Å². The number of aliphatic carboxylic acids is 1. The summed E-state index contributed by atoms with van der Waals surface area (Å²) in [6.07, 6.45) is 3.55. The van der Waals surface area contributed by atoms with Crippen molar-refractivity contribution in [2.75, 3.05) is 18.8 Å². The number of piperidine rings is 1. The Morgan fingerprint density at radius 2 is 2.00 bits per heavy atom. The number of imidazole rings is 1. The van der Waals surface area contributed by atoms with Gasteiger partial charge in [0.05, 0.1) is 17.3 Å². The molecule has 1 unspecified atom stereocenters. The lowest BCUT2D eigenvalue weighted by molar-refractivity contribution is -0.143. The summed E-state index contributed by atoms with van der Waals surface area (Å²) in [6, 6.07) is 12.4. The standard InChI is InChI=1S/C23H28N4O2/c1-15(2)16-5-7-17(8-6-16)22-20(27-13-19(24)9-10-21(27)25-22)14-26-11-3-4-18(12-26)23(28)29/h5-10,13,15,18H,3-4,11-12,14,24H2,1-2H3,(H,28,29). The van der Waals surface area contributed by atoms with E-state index in [1.807, 2.05) is 22.7 Å². The van der Waals surface area contributed by atoms with Crippen molar-refractivity contribution in [3.63, 3.8) is 0 Å². The largest absolute Gasteiger partial charge is 0.481 e. The van der Waals surface area contributed by atoms with Crippen LogP contribution in [0, 0.1) is 5.92 Å². The maximum absolute atomic E-state index is 11.5. The van der Waals surface area contributed by atoms with Crippen LogP contribution in [0.3, 0.4) is 0 Å². The number of anilines is 1. The van der Waals surface area contributed by atoms with Crippen LogP contribution in [-0.2, 0) is 11.3 Å². The molecular formula is C23H28N4O2. The quantitative estimate of drug-likeness (QED) is 0.686. The van der Waals surface area contributed by atoms with E-state index >= 15 is 0 Å². The van der Waals surface area contributed by atoms with Gasteiger partial charge in [0, 0.05) is 30.5 Å². The minimum Gasteiger partial charge on any atom is -0.481 e.